The van der Waals surface area contributed by atoms with Gasteiger partial charge >= 0.3 is 11.9 Å². The summed E-state index contributed by atoms with van der Waals surface area (Å²) < 4.78 is 14.7. The minimum atomic E-state index is -0.572. The number of carbonyl (C=O) groups is 2. The number of furan rings is 1. The van der Waals surface area contributed by atoms with E-state index in [0.29, 0.717) is 5.76 Å². The molecule has 0 fully saturated rings. The van der Waals surface area contributed by atoms with E-state index in [1.165, 1.54) is 19.3 Å². The SMILES string of the molecule is COC(=O)c1ccc(COC(=O)/C=C/c2cccc(C)c2)o1. The number of rotatable bonds is 5. The topological polar surface area (TPSA) is 65.7 Å². The van der Waals surface area contributed by atoms with Crippen molar-refractivity contribution in [2.24, 2.45) is 0 Å². The van der Waals surface area contributed by atoms with E-state index in [2.05, 4.69) is 4.74 Å². The number of methoxy groups -OCH3 is 1. The van der Waals surface area contributed by atoms with Crippen LogP contribution in [0.15, 0.2) is 46.9 Å². The van der Waals surface area contributed by atoms with E-state index in [0.717, 1.165) is 11.1 Å². The van der Waals surface area contributed by atoms with E-state index in [4.69, 9.17) is 9.15 Å². The molecular weight excluding hydrogens is 284 g/mol. The van der Waals surface area contributed by atoms with Crippen LogP contribution in [-0.4, -0.2) is 19.0 Å². The Morgan fingerprint density at radius 3 is 2.77 bits per heavy atom. The molecule has 0 radical (unpaired) electrons. The molecule has 1 aromatic heterocycles. The first-order valence-corrected chi connectivity index (χ1v) is 6.67. The predicted molar refractivity (Wildman–Crippen MR) is 80.1 cm³/mol. The fraction of sp³-hybridized carbons (Fsp3) is 0.176. The molecule has 0 aliphatic heterocycles. The Balaban J connectivity index is 1.87. The van der Waals surface area contributed by atoms with Crippen molar-refractivity contribution < 1.29 is 23.5 Å². The average Bonchev–Trinajstić information content (AvgIpc) is 2.99. The molecule has 0 amide bonds. The first-order valence-electron chi connectivity index (χ1n) is 6.67. The Hall–Kier alpha value is -2.82. The number of carbonyl (C=O) groups excluding carboxylic acids is 2. The van der Waals surface area contributed by atoms with Gasteiger partial charge in [0.15, 0.2) is 0 Å². The molecule has 5 nitrogen and oxygen atoms in total. The zero-order valence-electron chi connectivity index (χ0n) is 12.4. The van der Waals surface area contributed by atoms with Gasteiger partial charge in [0.25, 0.3) is 0 Å². The van der Waals surface area contributed by atoms with Crippen LogP contribution < -0.4 is 0 Å². The third-order valence-corrected chi connectivity index (χ3v) is 2.86. The van der Waals surface area contributed by atoms with E-state index >= 15 is 0 Å². The predicted octanol–water partition coefficient (Wildman–Crippen LogP) is 3.13. The normalized spacial score (nSPS) is 10.6. The fourth-order valence-corrected chi connectivity index (χ4v) is 1.79. The first kappa shape index (κ1) is 15.6. The van der Waals surface area contributed by atoms with Gasteiger partial charge in [-0.05, 0) is 30.7 Å². The quantitative estimate of drug-likeness (QED) is 0.627. The highest BCUT2D eigenvalue weighted by atomic mass is 16.5. The monoisotopic (exact) mass is 300 g/mol. The first-order chi connectivity index (χ1) is 10.6. The summed E-state index contributed by atoms with van der Waals surface area (Å²) in [7, 11) is 1.26. The van der Waals surface area contributed by atoms with Crippen LogP contribution in [0.25, 0.3) is 6.08 Å². The van der Waals surface area contributed by atoms with Crippen LogP contribution in [0.1, 0.15) is 27.4 Å². The summed E-state index contributed by atoms with van der Waals surface area (Å²) in [5.41, 5.74) is 2.03. The Morgan fingerprint density at radius 2 is 2.05 bits per heavy atom. The van der Waals surface area contributed by atoms with Crippen molar-refractivity contribution in [3.8, 4) is 0 Å². The number of hydrogen-bond donors (Lipinski definition) is 0. The summed E-state index contributed by atoms with van der Waals surface area (Å²) in [5, 5.41) is 0. The van der Waals surface area contributed by atoms with Gasteiger partial charge in [0.2, 0.25) is 5.76 Å². The Labute approximate surface area is 128 Å². The van der Waals surface area contributed by atoms with Crippen molar-refractivity contribution in [1.29, 1.82) is 0 Å². The lowest BCUT2D eigenvalue weighted by atomic mass is 10.1. The summed E-state index contributed by atoms with van der Waals surface area (Å²) in [6.45, 7) is 1.93. The van der Waals surface area contributed by atoms with Crippen LogP contribution in [0.2, 0.25) is 0 Å². The highest BCUT2D eigenvalue weighted by molar-refractivity contribution is 5.87. The van der Waals surface area contributed by atoms with E-state index < -0.39 is 11.9 Å². The van der Waals surface area contributed by atoms with Gasteiger partial charge in [-0.2, -0.15) is 0 Å². The molecule has 5 heteroatoms. The van der Waals surface area contributed by atoms with Gasteiger partial charge < -0.3 is 13.9 Å². The highest BCUT2D eigenvalue weighted by Gasteiger charge is 2.11. The number of benzene rings is 1. The van der Waals surface area contributed by atoms with Gasteiger partial charge in [0.1, 0.15) is 12.4 Å². The maximum absolute atomic E-state index is 11.6. The molecule has 0 saturated carbocycles. The van der Waals surface area contributed by atoms with E-state index in [1.807, 2.05) is 31.2 Å². The molecule has 22 heavy (non-hydrogen) atoms. The largest absolute Gasteiger partial charge is 0.463 e. The number of hydrogen-bond acceptors (Lipinski definition) is 5. The second-order valence-corrected chi connectivity index (χ2v) is 4.61. The van der Waals surface area contributed by atoms with Gasteiger partial charge in [-0.3, -0.25) is 0 Å². The van der Waals surface area contributed by atoms with Gasteiger partial charge in [-0.1, -0.05) is 29.8 Å². The smallest absolute Gasteiger partial charge is 0.373 e. The van der Waals surface area contributed by atoms with Crippen molar-refractivity contribution in [3.05, 3.63) is 65.1 Å². The zero-order valence-corrected chi connectivity index (χ0v) is 12.4. The highest BCUT2D eigenvalue weighted by Crippen LogP contribution is 2.11. The van der Waals surface area contributed by atoms with Crippen molar-refractivity contribution in [3.63, 3.8) is 0 Å². The summed E-state index contributed by atoms with van der Waals surface area (Å²) in [5.74, 6) is -0.615. The third-order valence-electron chi connectivity index (χ3n) is 2.86. The second kappa shape index (κ2) is 7.26. The summed E-state index contributed by atoms with van der Waals surface area (Å²) >= 11 is 0. The minimum absolute atomic E-state index is 0.0476. The molecule has 1 aromatic carbocycles. The van der Waals surface area contributed by atoms with Crippen molar-refractivity contribution in [2.45, 2.75) is 13.5 Å². The molecular formula is C17H16O5. The molecule has 0 aliphatic carbocycles. The number of ether oxygens (including phenoxy) is 2. The van der Waals surface area contributed by atoms with Crippen LogP contribution in [0.3, 0.4) is 0 Å². The van der Waals surface area contributed by atoms with E-state index in [1.54, 1.807) is 12.1 Å². The lowest BCUT2D eigenvalue weighted by Gasteiger charge is -1.99. The average molecular weight is 300 g/mol. The molecule has 0 N–H and O–H groups in total. The standard InChI is InChI=1S/C17H16O5/c1-12-4-3-5-13(10-12)6-9-16(18)21-11-14-7-8-15(22-14)17(19)20-2/h3-10H,11H2,1-2H3/b9-6+. The maximum atomic E-state index is 11.6. The van der Waals surface area contributed by atoms with Gasteiger partial charge in [-0.25, -0.2) is 9.59 Å². The van der Waals surface area contributed by atoms with E-state index in [-0.39, 0.29) is 12.4 Å². The van der Waals surface area contributed by atoms with Crippen LogP contribution >= 0.6 is 0 Å². The Bertz CT molecular complexity index is 697. The summed E-state index contributed by atoms with van der Waals surface area (Å²) in [6.07, 6.45) is 3.02. The van der Waals surface area contributed by atoms with Gasteiger partial charge in [0.05, 0.1) is 7.11 Å². The fourth-order valence-electron chi connectivity index (χ4n) is 1.79. The van der Waals surface area contributed by atoms with Crippen molar-refractivity contribution >= 4 is 18.0 Å². The Morgan fingerprint density at radius 1 is 1.23 bits per heavy atom. The molecule has 2 rings (SSSR count). The second-order valence-electron chi connectivity index (χ2n) is 4.61. The van der Waals surface area contributed by atoms with Crippen LogP contribution in [0, 0.1) is 6.92 Å². The molecule has 0 spiro atoms. The summed E-state index contributed by atoms with van der Waals surface area (Å²) in [6, 6.07) is 10.8. The molecule has 114 valence electrons. The van der Waals surface area contributed by atoms with Gasteiger partial charge in [-0.15, -0.1) is 0 Å². The lowest BCUT2D eigenvalue weighted by molar-refractivity contribution is -0.139. The van der Waals surface area contributed by atoms with Crippen LogP contribution in [0.5, 0.6) is 0 Å². The van der Waals surface area contributed by atoms with E-state index in [9.17, 15) is 9.59 Å². The molecule has 0 bridgehead atoms. The third kappa shape index (κ3) is 4.34. The maximum Gasteiger partial charge on any atom is 0.373 e. The summed E-state index contributed by atoms with van der Waals surface area (Å²) in [4.78, 5) is 22.8. The number of aryl methyl sites for hydroxylation is 1. The molecule has 0 saturated heterocycles. The van der Waals surface area contributed by atoms with Crippen molar-refractivity contribution in [2.75, 3.05) is 7.11 Å². The minimum Gasteiger partial charge on any atom is -0.463 e. The lowest BCUT2D eigenvalue weighted by Crippen LogP contribution is -2.01. The van der Waals surface area contributed by atoms with Gasteiger partial charge in [0, 0.05) is 6.08 Å². The zero-order chi connectivity index (χ0) is 15.9. The van der Waals surface area contributed by atoms with Crippen LogP contribution in [0.4, 0.5) is 0 Å². The molecule has 2 aromatic rings. The molecule has 0 unspecified atom stereocenters. The Kier molecular flexibility index (Phi) is 5.14. The molecule has 0 aliphatic rings. The molecule has 1 heterocycles. The van der Waals surface area contributed by atoms with Crippen molar-refractivity contribution in [1.82, 2.24) is 0 Å². The molecule has 0 atom stereocenters. The van der Waals surface area contributed by atoms with Crippen LogP contribution in [-0.2, 0) is 20.9 Å². The number of esters is 2.